The summed E-state index contributed by atoms with van der Waals surface area (Å²) in [4.78, 5) is 8.53. The maximum Gasteiger partial charge on any atom is 0.387 e. The van der Waals surface area contributed by atoms with E-state index in [4.69, 9.17) is 0 Å². The van der Waals surface area contributed by atoms with Crippen molar-refractivity contribution in [3.05, 3.63) is 59.7 Å². The Morgan fingerprint density at radius 2 is 1.84 bits per heavy atom. The van der Waals surface area contributed by atoms with Gasteiger partial charge in [-0.2, -0.15) is 8.78 Å². The number of rotatable bonds is 8. The van der Waals surface area contributed by atoms with E-state index >= 15 is 0 Å². The van der Waals surface area contributed by atoms with Crippen molar-refractivity contribution in [2.24, 2.45) is 4.99 Å². The molecule has 1 unspecified atom stereocenters. The van der Waals surface area contributed by atoms with E-state index in [1.807, 2.05) is 12.1 Å². The number of nitrogens with zero attached hydrogens (tertiary/aromatic N) is 3. The zero-order chi connectivity index (χ0) is 22.2. The van der Waals surface area contributed by atoms with Gasteiger partial charge in [-0.3, -0.25) is 4.99 Å². The molecule has 0 radical (unpaired) electrons. The molecule has 0 aromatic heterocycles. The zero-order valence-electron chi connectivity index (χ0n) is 18.7. The summed E-state index contributed by atoms with van der Waals surface area (Å²) in [5.41, 5.74) is 3.14. The molecule has 2 aromatic rings. The molecule has 1 saturated heterocycles. The van der Waals surface area contributed by atoms with Gasteiger partial charge < -0.3 is 25.2 Å². The summed E-state index contributed by atoms with van der Waals surface area (Å²) in [6.45, 7) is 0.191. The molecule has 9 heteroatoms. The Hall–Kier alpha value is -2.14. The Balaban J connectivity index is 0.00000363. The molecule has 1 aliphatic heterocycles. The van der Waals surface area contributed by atoms with E-state index in [9.17, 15) is 8.78 Å². The van der Waals surface area contributed by atoms with Crippen molar-refractivity contribution in [1.82, 2.24) is 15.5 Å². The van der Waals surface area contributed by atoms with Crippen molar-refractivity contribution >= 4 is 35.6 Å². The fraction of sp³-hybridized carbons (Fsp3) is 0.435. The van der Waals surface area contributed by atoms with Gasteiger partial charge in [-0.15, -0.1) is 24.0 Å². The summed E-state index contributed by atoms with van der Waals surface area (Å²) in [5, 5.41) is 6.79. The molecule has 6 nitrogen and oxygen atoms in total. The fourth-order valence-corrected chi connectivity index (χ4v) is 3.71. The molecule has 1 heterocycles. The van der Waals surface area contributed by atoms with Gasteiger partial charge >= 0.3 is 6.61 Å². The number of alkyl halides is 2. The molecule has 32 heavy (non-hydrogen) atoms. The first kappa shape index (κ1) is 26.1. The second-order valence-corrected chi connectivity index (χ2v) is 7.90. The van der Waals surface area contributed by atoms with E-state index in [0.717, 1.165) is 25.5 Å². The van der Waals surface area contributed by atoms with E-state index in [0.29, 0.717) is 18.8 Å². The molecule has 2 N–H and O–H groups in total. The number of para-hydroxylation sites is 2. The lowest BCUT2D eigenvalue weighted by Gasteiger charge is -2.22. The van der Waals surface area contributed by atoms with Gasteiger partial charge in [0, 0.05) is 39.3 Å². The maximum absolute atomic E-state index is 12.7. The van der Waals surface area contributed by atoms with Crippen molar-refractivity contribution < 1.29 is 13.5 Å². The molecular weight excluding hydrogens is 527 g/mol. The maximum atomic E-state index is 12.7. The summed E-state index contributed by atoms with van der Waals surface area (Å²) in [6, 6.07) is 15.6. The van der Waals surface area contributed by atoms with Gasteiger partial charge in [-0.25, -0.2) is 0 Å². The van der Waals surface area contributed by atoms with Crippen LogP contribution in [0.4, 0.5) is 14.5 Å². The quantitative estimate of drug-likeness (QED) is 0.292. The van der Waals surface area contributed by atoms with Gasteiger partial charge in [0.25, 0.3) is 0 Å². The minimum Gasteiger partial charge on any atom is -0.433 e. The van der Waals surface area contributed by atoms with Crippen LogP contribution in [0, 0.1) is 0 Å². The number of hydrogen-bond acceptors (Lipinski definition) is 4. The molecule has 3 rings (SSSR count). The highest BCUT2D eigenvalue weighted by molar-refractivity contribution is 14.0. The Morgan fingerprint density at radius 3 is 2.50 bits per heavy atom. The first-order valence-corrected chi connectivity index (χ1v) is 10.4. The third kappa shape index (κ3) is 7.77. The molecular formula is C23H32F2IN5O. The Labute approximate surface area is 206 Å². The molecule has 1 atom stereocenters. The number of guanidine groups is 1. The topological polar surface area (TPSA) is 52.1 Å². The number of ether oxygens (including phenoxy) is 1. The normalized spacial score (nSPS) is 16.3. The Kier molecular flexibility index (Phi) is 10.4. The SMILES string of the molecule is CN=C(NCc1ccc(CN(C)C)cc1)NC1CCN(c2ccccc2OC(F)F)C1.I. The number of benzene rings is 2. The van der Waals surface area contributed by atoms with Gasteiger partial charge in [-0.1, -0.05) is 36.4 Å². The predicted octanol–water partition coefficient (Wildman–Crippen LogP) is 3.91. The summed E-state index contributed by atoms with van der Waals surface area (Å²) < 4.78 is 30.1. The van der Waals surface area contributed by atoms with Crippen LogP contribution in [0.15, 0.2) is 53.5 Å². The van der Waals surface area contributed by atoms with Crippen LogP contribution in [-0.2, 0) is 13.1 Å². The van der Waals surface area contributed by atoms with Crippen LogP contribution >= 0.6 is 24.0 Å². The molecule has 2 aromatic carbocycles. The van der Waals surface area contributed by atoms with Crippen LogP contribution in [0.1, 0.15) is 17.5 Å². The van der Waals surface area contributed by atoms with Gasteiger partial charge in [0.2, 0.25) is 0 Å². The first-order valence-electron chi connectivity index (χ1n) is 10.4. The Morgan fingerprint density at radius 1 is 1.16 bits per heavy atom. The summed E-state index contributed by atoms with van der Waals surface area (Å²) in [5.74, 6) is 0.930. The first-order chi connectivity index (χ1) is 14.9. The molecule has 1 fully saturated rings. The summed E-state index contributed by atoms with van der Waals surface area (Å²) in [6.07, 6.45) is 0.878. The highest BCUT2D eigenvalue weighted by Gasteiger charge is 2.26. The third-order valence-corrected chi connectivity index (χ3v) is 5.16. The van der Waals surface area contributed by atoms with Crippen molar-refractivity contribution in [2.45, 2.75) is 32.2 Å². The van der Waals surface area contributed by atoms with Crippen molar-refractivity contribution in [2.75, 3.05) is 39.1 Å². The number of hydrogen-bond donors (Lipinski definition) is 2. The van der Waals surface area contributed by atoms with Gasteiger partial charge in [0.15, 0.2) is 5.96 Å². The molecule has 0 amide bonds. The van der Waals surface area contributed by atoms with Crippen molar-refractivity contribution in [3.63, 3.8) is 0 Å². The molecule has 0 bridgehead atoms. The average molecular weight is 559 g/mol. The second kappa shape index (κ2) is 12.8. The van der Waals surface area contributed by atoms with E-state index < -0.39 is 6.61 Å². The lowest BCUT2D eigenvalue weighted by molar-refractivity contribution is -0.0495. The van der Waals surface area contributed by atoms with Gasteiger partial charge in [0.05, 0.1) is 5.69 Å². The lowest BCUT2D eigenvalue weighted by atomic mass is 10.1. The lowest BCUT2D eigenvalue weighted by Crippen LogP contribution is -2.44. The second-order valence-electron chi connectivity index (χ2n) is 7.90. The third-order valence-electron chi connectivity index (χ3n) is 5.16. The van der Waals surface area contributed by atoms with E-state index in [1.54, 1.807) is 19.2 Å². The van der Waals surface area contributed by atoms with E-state index in [2.05, 4.69) is 68.5 Å². The van der Waals surface area contributed by atoms with Crippen LogP contribution in [0.2, 0.25) is 0 Å². The molecule has 0 saturated carbocycles. The van der Waals surface area contributed by atoms with Crippen molar-refractivity contribution in [3.8, 4) is 5.75 Å². The number of anilines is 1. The molecule has 176 valence electrons. The smallest absolute Gasteiger partial charge is 0.387 e. The number of aliphatic imine (C=N–C) groups is 1. The minimum atomic E-state index is -2.84. The fourth-order valence-electron chi connectivity index (χ4n) is 3.71. The van der Waals surface area contributed by atoms with Crippen LogP contribution in [0.5, 0.6) is 5.75 Å². The van der Waals surface area contributed by atoms with Crippen molar-refractivity contribution in [1.29, 1.82) is 0 Å². The van der Waals surface area contributed by atoms with Crippen LogP contribution < -0.4 is 20.3 Å². The van der Waals surface area contributed by atoms with E-state index in [1.165, 1.54) is 11.1 Å². The Bertz CT molecular complexity index is 864. The molecule has 0 spiro atoms. The van der Waals surface area contributed by atoms with Gasteiger partial charge in [-0.05, 0) is 43.8 Å². The number of halogens is 3. The van der Waals surface area contributed by atoms with Crippen LogP contribution in [-0.4, -0.2) is 57.7 Å². The van der Waals surface area contributed by atoms with Gasteiger partial charge in [0.1, 0.15) is 5.75 Å². The van der Waals surface area contributed by atoms with Crippen LogP contribution in [0.25, 0.3) is 0 Å². The average Bonchev–Trinajstić information content (AvgIpc) is 3.20. The highest BCUT2D eigenvalue weighted by atomic mass is 127. The molecule has 0 aliphatic carbocycles. The monoisotopic (exact) mass is 559 g/mol. The summed E-state index contributed by atoms with van der Waals surface area (Å²) >= 11 is 0. The highest BCUT2D eigenvalue weighted by Crippen LogP contribution is 2.31. The largest absolute Gasteiger partial charge is 0.433 e. The predicted molar refractivity (Wildman–Crippen MR) is 136 cm³/mol. The van der Waals surface area contributed by atoms with E-state index in [-0.39, 0.29) is 35.8 Å². The number of nitrogens with one attached hydrogen (secondary N) is 2. The van der Waals surface area contributed by atoms with Crippen LogP contribution in [0.3, 0.4) is 0 Å². The summed E-state index contributed by atoms with van der Waals surface area (Å²) in [7, 11) is 5.85. The standard InChI is InChI=1S/C23H31F2N5O.HI/c1-26-23(27-14-17-8-10-18(11-9-17)15-29(2)3)28-19-12-13-30(16-19)20-6-4-5-7-21(20)31-22(24)25;/h4-11,19,22H,12-16H2,1-3H3,(H2,26,27,28);1H. The minimum absolute atomic E-state index is 0. The zero-order valence-corrected chi connectivity index (χ0v) is 21.1. The molecule has 1 aliphatic rings.